The van der Waals surface area contributed by atoms with Crippen molar-refractivity contribution in [2.45, 2.75) is 71.3 Å². The predicted octanol–water partition coefficient (Wildman–Crippen LogP) is 4.96. The average molecular weight is 638 g/mol. The monoisotopic (exact) mass is 637 g/mol. The Morgan fingerprint density at radius 2 is 1.58 bits per heavy atom. The number of piperidine rings is 1. The van der Waals surface area contributed by atoms with Crippen molar-refractivity contribution in [2.24, 2.45) is 11.7 Å². The molecule has 0 spiro atoms. The van der Waals surface area contributed by atoms with E-state index >= 15 is 0 Å². The summed E-state index contributed by atoms with van der Waals surface area (Å²) in [7, 11) is 0. The van der Waals surface area contributed by atoms with Crippen LogP contribution in [0.15, 0.2) is 48.5 Å². The summed E-state index contributed by atoms with van der Waals surface area (Å²) in [5, 5.41) is 3.32. The van der Waals surface area contributed by atoms with Crippen LogP contribution in [-0.4, -0.2) is 78.1 Å². The molecule has 0 bridgehead atoms. The Morgan fingerprint density at radius 1 is 0.911 bits per heavy atom. The molecule has 2 saturated heterocycles. The van der Waals surface area contributed by atoms with Crippen molar-refractivity contribution in [3.63, 3.8) is 0 Å². The fraction of sp³-hybridized carbons (Fsp3) is 0.529. The lowest BCUT2D eigenvalue weighted by molar-refractivity contribution is -0.124. The summed E-state index contributed by atoms with van der Waals surface area (Å²) < 4.78 is 11.4. The second-order valence-corrected chi connectivity index (χ2v) is 12.0. The number of likely N-dealkylation sites (tertiary alicyclic amines) is 1. The minimum atomic E-state index is -0.726. The third kappa shape index (κ3) is 9.64. The van der Waals surface area contributed by atoms with Gasteiger partial charge < -0.3 is 30.3 Å². The summed E-state index contributed by atoms with van der Waals surface area (Å²) in [6.07, 6.45) is 6.79. The molecule has 2 aromatic rings. The zero-order chi connectivity index (χ0) is 32.2. The average Bonchev–Trinajstić information content (AvgIpc) is 3.26. The van der Waals surface area contributed by atoms with E-state index < -0.39 is 6.04 Å². The lowest BCUT2D eigenvalue weighted by Gasteiger charge is -2.31. The molecule has 2 aliphatic heterocycles. The molecular formula is C34H47N5O5S. The van der Waals surface area contributed by atoms with Gasteiger partial charge in [0.25, 0.3) is 5.91 Å². The van der Waals surface area contributed by atoms with Gasteiger partial charge in [0, 0.05) is 18.2 Å². The third-order valence-corrected chi connectivity index (χ3v) is 8.79. The molecule has 244 valence electrons. The molecule has 3 N–H and O–H groups in total. The minimum Gasteiger partial charge on any atom is -0.494 e. The number of primary amides is 1. The Hall–Kier alpha value is -3.70. The lowest BCUT2D eigenvalue weighted by Crippen LogP contribution is -2.41. The van der Waals surface area contributed by atoms with Crippen molar-refractivity contribution >= 4 is 46.4 Å². The maximum Gasteiger partial charge on any atom is 0.256 e. The summed E-state index contributed by atoms with van der Waals surface area (Å²) in [5.74, 6) is 0.685. The van der Waals surface area contributed by atoms with E-state index in [0.717, 1.165) is 57.5 Å². The molecule has 2 heterocycles. The molecule has 10 nitrogen and oxygen atoms in total. The van der Waals surface area contributed by atoms with Gasteiger partial charge in [-0.1, -0.05) is 26.2 Å². The molecule has 0 aliphatic carbocycles. The first-order chi connectivity index (χ1) is 21.8. The van der Waals surface area contributed by atoms with Gasteiger partial charge in [-0.05, 0) is 113 Å². The largest absolute Gasteiger partial charge is 0.494 e. The highest BCUT2D eigenvalue weighted by Gasteiger charge is 2.44. The molecule has 2 aromatic carbocycles. The van der Waals surface area contributed by atoms with Gasteiger partial charge in [0.2, 0.25) is 11.8 Å². The second-order valence-electron chi connectivity index (χ2n) is 11.6. The van der Waals surface area contributed by atoms with E-state index in [1.807, 2.05) is 60.4 Å². The summed E-state index contributed by atoms with van der Waals surface area (Å²) in [6, 6.07) is 13.8. The molecule has 45 heavy (non-hydrogen) atoms. The van der Waals surface area contributed by atoms with Crippen LogP contribution >= 0.6 is 12.2 Å². The topological polar surface area (TPSA) is 117 Å². The van der Waals surface area contributed by atoms with Crippen molar-refractivity contribution in [1.29, 1.82) is 0 Å². The Bertz CT molecular complexity index is 1280. The number of unbranched alkanes of at least 4 members (excludes halogenated alkanes) is 3. The highest BCUT2D eigenvalue weighted by atomic mass is 32.1. The van der Waals surface area contributed by atoms with E-state index in [9.17, 15) is 14.4 Å². The number of benzene rings is 2. The second kappa shape index (κ2) is 17.1. The molecule has 0 aromatic heterocycles. The van der Waals surface area contributed by atoms with Crippen molar-refractivity contribution in [1.82, 2.24) is 9.80 Å². The minimum absolute atomic E-state index is 0.0355. The number of hydrogen-bond acceptors (Lipinski definition) is 7. The number of nitrogens with two attached hydrogens (primary N) is 1. The van der Waals surface area contributed by atoms with Gasteiger partial charge in [-0.2, -0.15) is 0 Å². The molecule has 0 radical (unpaired) electrons. The van der Waals surface area contributed by atoms with E-state index in [1.54, 1.807) is 0 Å². The van der Waals surface area contributed by atoms with Crippen LogP contribution in [0, 0.1) is 5.92 Å². The summed E-state index contributed by atoms with van der Waals surface area (Å²) in [4.78, 5) is 44.3. The highest BCUT2D eigenvalue weighted by Crippen LogP contribution is 2.29. The first kappa shape index (κ1) is 34.2. The van der Waals surface area contributed by atoms with Gasteiger partial charge in [0.05, 0.1) is 25.3 Å². The molecular weight excluding hydrogens is 590 g/mol. The fourth-order valence-electron chi connectivity index (χ4n) is 5.83. The van der Waals surface area contributed by atoms with Crippen LogP contribution in [-0.2, 0) is 14.4 Å². The fourth-order valence-corrected chi connectivity index (χ4v) is 6.24. The van der Waals surface area contributed by atoms with E-state index in [2.05, 4.69) is 17.1 Å². The van der Waals surface area contributed by atoms with E-state index in [1.165, 1.54) is 17.7 Å². The first-order valence-corrected chi connectivity index (χ1v) is 16.6. The smallest absolute Gasteiger partial charge is 0.256 e. The van der Waals surface area contributed by atoms with E-state index in [-0.39, 0.29) is 30.1 Å². The van der Waals surface area contributed by atoms with Gasteiger partial charge in [-0.3, -0.25) is 19.3 Å². The maximum absolute atomic E-state index is 13.8. The summed E-state index contributed by atoms with van der Waals surface area (Å²) in [5.41, 5.74) is 6.77. The van der Waals surface area contributed by atoms with Crippen LogP contribution in [0.2, 0.25) is 0 Å². The standard InChI is InChI=1S/C34H47N5O5S/c1-3-5-6-7-23-44-29-13-9-26(10-14-29)36-31(40)24-30-33(42)39(27-11-15-28(16-12-27)43-4-2)34(45)38(30)20-8-19-37-21-17-25(18-22-37)32(35)41/h9-16,25,30H,3-8,17-24H2,1-2H3,(H2,35,41)(H,36,40)/t30-/m0/s1. The van der Waals surface area contributed by atoms with Gasteiger partial charge in [0.1, 0.15) is 17.5 Å². The summed E-state index contributed by atoms with van der Waals surface area (Å²) in [6.45, 7) is 8.25. The van der Waals surface area contributed by atoms with Crippen LogP contribution in [0.5, 0.6) is 11.5 Å². The molecule has 0 unspecified atom stereocenters. The van der Waals surface area contributed by atoms with Crippen LogP contribution < -0.4 is 25.4 Å². The highest BCUT2D eigenvalue weighted by molar-refractivity contribution is 7.80. The molecule has 2 aliphatic rings. The van der Waals surface area contributed by atoms with Crippen LogP contribution in [0.25, 0.3) is 0 Å². The van der Waals surface area contributed by atoms with E-state index in [0.29, 0.717) is 42.0 Å². The number of hydrogen-bond donors (Lipinski definition) is 2. The molecule has 2 fully saturated rings. The quantitative estimate of drug-likeness (QED) is 0.185. The van der Waals surface area contributed by atoms with Crippen LogP contribution in [0.1, 0.15) is 65.2 Å². The number of nitrogens with zero attached hydrogens (tertiary/aromatic N) is 3. The Morgan fingerprint density at radius 3 is 2.22 bits per heavy atom. The Balaban J connectivity index is 1.38. The maximum atomic E-state index is 13.8. The van der Waals surface area contributed by atoms with Gasteiger partial charge in [-0.15, -0.1) is 0 Å². The molecule has 3 amide bonds. The number of anilines is 2. The normalized spacial score (nSPS) is 17.5. The number of nitrogens with one attached hydrogen (secondary N) is 1. The zero-order valence-corrected chi connectivity index (χ0v) is 27.4. The van der Waals surface area contributed by atoms with Gasteiger partial charge in [0.15, 0.2) is 5.11 Å². The van der Waals surface area contributed by atoms with Gasteiger partial charge in [-0.25, -0.2) is 0 Å². The number of thiocarbonyl (C=S) groups is 1. The molecule has 11 heteroatoms. The van der Waals surface area contributed by atoms with E-state index in [4.69, 9.17) is 27.4 Å². The van der Waals surface area contributed by atoms with Crippen LogP contribution in [0.4, 0.5) is 11.4 Å². The number of amides is 3. The Kier molecular flexibility index (Phi) is 13.0. The first-order valence-electron chi connectivity index (χ1n) is 16.2. The number of carbonyl (C=O) groups excluding carboxylic acids is 3. The predicted molar refractivity (Wildman–Crippen MR) is 180 cm³/mol. The number of carbonyl (C=O) groups is 3. The number of rotatable bonds is 17. The van der Waals surface area contributed by atoms with Crippen molar-refractivity contribution in [3.05, 3.63) is 48.5 Å². The van der Waals surface area contributed by atoms with Crippen molar-refractivity contribution in [2.75, 3.05) is 49.6 Å². The lowest BCUT2D eigenvalue weighted by atomic mass is 9.96. The van der Waals surface area contributed by atoms with Crippen LogP contribution in [0.3, 0.4) is 0 Å². The molecule has 0 saturated carbocycles. The molecule has 1 atom stereocenters. The Labute approximate surface area is 272 Å². The van der Waals surface area contributed by atoms with Crippen molar-refractivity contribution in [3.8, 4) is 11.5 Å². The van der Waals surface area contributed by atoms with Gasteiger partial charge >= 0.3 is 0 Å². The molecule has 4 rings (SSSR count). The SMILES string of the molecule is CCCCCCOc1ccc(NC(=O)C[C@H]2C(=O)N(c3ccc(OCC)cc3)C(=S)N2CCCN2CCC(C(N)=O)CC2)cc1. The number of ether oxygens (including phenoxy) is 2. The third-order valence-electron chi connectivity index (χ3n) is 8.37. The van der Waals surface area contributed by atoms with Crippen molar-refractivity contribution < 1.29 is 23.9 Å². The zero-order valence-electron chi connectivity index (χ0n) is 26.5. The summed E-state index contributed by atoms with van der Waals surface area (Å²) >= 11 is 5.84.